The molecular weight excluding hydrogens is 297 g/mol. The summed E-state index contributed by atoms with van der Waals surface area (Å²) in [7, 11) is -3.73. The summed E-state index contributed by atoms with van der Waals surface area (Å²) in [5.41, 5.74) is -0.275. The summed E-state index contributed by atoms with van der Waals surface area (Å²) in [5.74, 6) is -1.47. The third kappa shape index (κ3) is 3.71. The molecule has 106 valence electrons. The van der Waals surface area contributed by atoms with Crippen molar-refractivity contribution in [3.05, 3.63) is 23.0 Å². The molecule has 0 amide bonds. The maximum Gasteiger partial charge on any atom is 0.235 e. The zero-order chi connectivity index (χ0) is 14.0. The van der Waals surface area contributed by atoms with Crippen LogP contribution in [0.5, 0.6) is 5.75 Å². The van der Waals surface area contributed by atoms with Crippen molar-refractivity contribution < 1.29 is 22.7 Å². The first-order valence-electron chi connectivity index (χ1n) is 5.67. The number of aromatic hydroxyl groups is 1. The van der Waals surface area contributed by atoms with Crippen LogP contribution in [-0.4, -0.2) is 32.0 Å². The first-order chi connectivity index (χ1) is 8.87. The van der Waals surface area contributed by atoms with Crippen molar-refractivity contribution in [2.75, 3.05) is 17.1 Å². The van der Waals surface area contributed by atoms with Gasteiger partial charge < -0.3 is 9.84 Å². The van der Waals surface area contributed by atoms with E-state index in [4.69, 9.17) is 16.3 Å². The number of halogens is 2. The summed E-state index contributed by atoms with van der Waals surface area (Å²) in [4.78, 5) is 0. The fourth-order valence-corrected chi connectivity index (χ4v) is 3.41. The van der Waals surface area contributed by atoms with E-state index in [0.29, 0.717) is 13.0 Å². The summed E-state index contributed by atoms with van der Waals surface area (Å²) in [5, 5.41) is 9.33. The topological polar surface area (TPSA) is 75.6 Å². The highest BCUT2D eigenvalue weighted by Gasteiger charge is 2.24. The van der Waals surface area contributed by atoms with Crippen LogP contribution in [0.1, 0.15) is 12.8 Å². The lowest BCUT2D eigenvalue weighted by molar-refractivity contribution is 0.127. The van der Waals surface area contributed by atoms with E-state index in [1.165, 1.54) is 0 Å². The van der Waals surface area contributed by atoms with Crippen LogP contribution in [0.3, 0.4) is 0 Å². The minimum absolute atomic E-state index is 0.236. The molecule has 2 N–H and O–H groups in total. The average Bonchev–Trinajstić information content (AvgIpc) is 2.76. The second-order valence-electron chi connectivity index (χ2n) is 4.30. The van der Waals surface area contributed by atoms with E-state index in [1.807, 2.05) is 0 Å². The van der Waals surface area contributed by atoms with E-state index in [1.54, 1.807) is 0 Å². The van der Waals surface area contributed by atoms with Gasteiger partial charge in [-0.15, -0.1) is 0 Å². The molecule has 1 unspecified atom stereocenters. The van der Waals surface area contributed by atoms with Crippen LogP contribution in [0, 0.1) is 5.82 Å². The third-order valence-corrected chi connectivity index (χ3v) is 4.35. The molecule has 1 atom stereocenters. The summed E-state index contributed by atoms with van der Waals surface area (Å²) in [6.45, 7) is 0.539. The molecule has 0 bridgehead atoms. The van der Waals surface area contributed by atoms with Crippen LogP contribution in [-0.2, 0) is 14.8 Å². The van der Waals surface area contributed by atoms with Gasteiger partial charge in [-0.05, 0) is 18.9 Å². The molecular formula is C11H13ClFNO4S. The fourth-order valence-electron chi connectivity index (χ4n) is 1.87. The number of rotatable bonds is 4. The van der Waals surface area contributed by atoms with E-state index in [-0.39, 0.29) is 22.6 Å². The Bertz CT molecular complexity index is 572. The molecule has 19 heavy (non-hydrogen) atoms. The first kappa shape index (κ1) is 14.4. The maximum absolute atomic E-state index is 13.1. The predicted octanol–water partition coefficient (Wildman–Crippen LogP) is 2.11. The Morgan fingerprint density at radius 3 is 2.89 bits per heavy atom. The standard InChI is InChI=1S/C11H13ClFNO4S/c12-9-4-7(13)5-10(11(9)15)14-19(16,17)6-8-2-1-3-18-8/h4-5,8,14-15H,1-3,6H2. The van der Waals surface area contributed by atoms with Gasteiger partial charge in [0, 0.05) is 12.7 Å². The Labute approximate surface area is 115 Å². The molecule has 0 aliphatic carbocycles. The van der Waals surface area contributed by atoms with Crippen LogP contribution < -0.4 is 4.72 Å². The van der Waals surface area contributed by atoms with Gasteiger partial charge in [0.05, 0.1) is 22.6 Å². The summed E-state index contributed by atoms with van der Waals surface area (Å²) < 4.78 is 44.2. The molecule has 1 aromatic carbocycles. The van der Waals surface area contributed by atoms with Crippen LogP contribution in [0.25, 0.3) is 0 Å². The SMILES string of the molecule is O=S(=O)(CC1CCCO1)Nc1cc(F)cc(Cl)c1O. The molecule has 0 saturated carbocycles. The fraction of sp³-hybridized carbons (Fsp3) is 0.455. The van der Waals surface area contributed by atoms with Crippen molar-refractivity contribution in [2.45, 2.75) is 18.9 Å². The summed E-state index contributed by atoms with van der Waals surface area (Å²) in [6, 6.07) is 1.77. The number of phenols is 1. The van der Waals surface area contributed by atoms with Crippen LogP contribution in [0.15, 0.2) is 12.1 Å². The number of phenolic OH excluding ortho intramolecular Hbond substituents is 1. The predicted molar refractivity (Wildman–Crippen MR) is 69.5 cm³/mol. The number of hydrogen-bond donors (Lipinski definition) is 2. The van der Waals surface area contributed by atoms with Crippen molar-refractivity contribution in [1.82, 2.24) is 0 Å². The number of ether oxygens (including phenoxy) is 1. The zero-order valence-corrected chi connectivity index (χ0v) is 11.5. The van der Waals surface area contributed by atoms with Crippen LogP contribution >= 0.6 is 11.6 Å². The van der Waals surface area contributed by atoms with E-state index in [2.05, 4.69) is 4.72 Å². The molecule has 2 rings (SSSR count). The highest BCUT2D eigenvalue weighted by Crippen LogP contribution is 2.33. The quantitative estimate of drug-likeness (QED) is 0.835. The van der Waals surface area contributed by atoms with Crippen molar-refractivity contribution >= 4 is 27.3 Å². The van der Waals surface area contributed by atoms with E-state index in [9.17, 15) is 17.9 Å². The number of anilines is 1. The highest BCUT2D eigenvalue weighted by molar-refractivity contribution is 7.92. The van der Waals surface area contributed by atoms with Gasteiger partial charge in [-0.25, -0.2) is 12.8 Å². The lowest BCUT2D eigenvalue weighted by Gasteiger charge is -2.13. The second-order valence-corrected chi connectivity index (χ2v) is 6.48. The van der Waals surface area contributed by atoms with Crippen molar-refractivity contribution in [1.29, 1.82) is 0 Å². The molecule has 1 saturated heterocycles. The van der Waals surface area contributed by atoms with Gasteiger partial charge in [0.1, 0.15) is 5.82 Å². The Balaban J connectivity index is 2.15. The largest absolute Gasteiger partial charge is 0.504 e. The molecule has 0 radical (unpaired) electrons. The lowest BCUT2D eigenvalue weighted by atomic mass is 10.3. The molecule has 1 heterocycles. The first-order valence-corrected chi connectivity index (χ1v) is 7.70. The van der Waals surface area contributed by atoms with Gasteiger partial charge in [0.25, 0.3) is 0 Å². The van der Waals surface area contributed by atoms with Crippen molar-refractivity contribution in [3.8, 4) is 5.75 Å². The normalized spacial score (nSPS) is 19.6. The second kappa shape index (κ2) is 5.52. The number of sulfonamides is 1. The molecule has 1 aliphatic rings. The van der Waals surface area contributed by atoms with Gasteiger partial charge in [0.15, 0.2) is 5.75 Å². The van der Waals surface area contributed by atoms with Gasteiger partial charge in [-0.3, -0.25) is 4.72 Å². The molecule has 1 aromatic rings. The number of benzene rings is 1. The Morgan fingerprint density at radius 2 is 2.26 bits per heavy atom. The van der Waals surface area contributed by atoms with Gasteiger partial charge in [-0.1, -0.05) is 11.6 Å². The Morgan fingerprint density at radius 1 is 1.53 bits per heavy atom. The van der Waals surface area contributed by atoms with Crippen molar-refractivity contribution in [3.63, 3.8) is 0 Å². The summed E-state index contributed by atoms with van der Waals surface area (Å²) >= 11 is 5.57. The average molecular weight is 310 g/mol. The molecule has 1 fully saturated rings. The van der Waals surface area contributed by atoms with Crippen molar-refractivity contribution in [2.24, 2.45) is 0 Å². The van der Waals surface area contributed by atoms with Gasteiger partial charge in [0.2, 0.25) is 10.0 Å². The Hall–Kier alpha value is -1.05. The Kier molecular flexibility index (Phi) is 4.17. The minimum Gasteiger partial charge on any atom is -0.504 e. The molecule has 0 aromatic heterocycles. The highest BCUT2D eigenvalue weighted by atomic mass is 35.5. The van der Waals surface area contributed by atoms with E-state index in [0.717, 1.165) is 18.6 Å². The smallest absolute Gasteiger partial charge is 0.235 e. The van der Waals surface area contributed by atoms with E-state index < -0.39 is 21.6 Å². The summed E-state index contributed by atoms with van der Waals surface area (Å²) in [6.07, 6.45) is 1.11. The van der Waals surface area contributed by atoms with Gasteiger partial charge in [-0.2, -0.15) is 0 Å². The molecule has 5 nitrogen and oxygen atoms in total. The number of hydrogen-bond acceptors (Lipinski definition) is 4. The number of nitrogens with one attached hydrogen (secondary N) is 1. The maximum atomic E-state index is 13.1. The molecule has 0 spiro atoms. The zero-order valence-electron chi connectivity index (χ0n) is 9.90. The molecule has 1 aliphatic heterocycles. The minimum atomic E-state index is -3.73. The lowest BCUT2D eigenvalue weighted by Crippen LogP contribution is -2.25. The van der Waals surface area contributed by atoms with Crippen LogP contribution in [0.4, 0.5) is 10.1 Å². The van der Waals surface area contributed by atoms with Gasteiger partial charge >= 0.3 is 0 Å². The monoisotopic (exact) mass is 309 g/mol. The molecule has 8 heteroatoms. The van der Waals surface area contributed by atoms with E-state index >= 15 is 0 Å². The third-order valence-electron chi connectivity index (χ3n) is 2.72. The van der Waals surface area contributed by atoms with Crippen LogP contribution in [0.2, 0.25) is 5.02 Å².